The van der Waals surface area contributed by atoms with Gasteiger partial charge in [-0.05, 0) is 10.6 Å². The molecule has 0 aromatic carbocycles. The third-order valence-electron chi connectivity index (χ3n) is 3.55. The third-order valence-corrected chi connectivity index (χ3v) is 3.55. The van der Waals surface area contributed by atoms with Gasteiger partial charge in [-0.2, -0.15) is 4.98 Å². The maximum atomic E-state index is 11.8. The van der Waals surface area contributed by atoms with Crippen molar-refractivity contribution in [2.75, 3.05) is 12.3 Å². The van der Waals surface area contributed by atoms with Crippen molar-refractivity contribution in [1.82, 2.24) is 19.5 Å². The molecule has 4 atom stereocenters. The summed E-state index contributed by atoms with van der Waals surface area (Å²) in [5.41, 5.74) is 13.4. The number of fused-ring (bicyclic) bond motifs is 1. The summed E-state index contributed by atoms with van der Waals surface area (Å²) in [5.74, 6) is -2.41. The molecule has 23 heavy (non-hydrogen) atoms. The van der Waals surface area contributed by atoms with Crippen molar-refractivity contribution in [3.05, 3.63) is 27.1 Å². The molecule has 1 aliphatic heterocycles. The first-order valence-electron chi connectivity index (χ1n) is 6.39. The highest BCUT2D eigenvalue weighted by Crippen LogP contribution is 2.38. The van der Waals surface area contributed by atoms with Gasteiger partial charge in [-0.1, -0.05) is 0 Å². The van der Waals surface area contributed by atoms with Crippen molar-refractivity contribution in [3.8, 4) is 0 Å². The van der Waals surface area contributed by atoms with E-state index < -0.39 is 36.3 Å². The molecule has 122 valence electrons. The van der Waals surface area contributed by atoms with E-state index >= 15 is 0 Å². The second-order valence-corrected chi connectivity index (χ2v) is 4.86. The van der Waals surface area contributed by atoms with Gasteiger partial charge < -0.3 is 25.8 Å². The van der Waals surface area contributed by atoms with Crippen LogP contribution < -0.4 is 11.3 Å². The first kappa shape index (κ1) is 15.2. The summed E-state index contributed by atoms with van der Waals surface area (Å²) in [5, 5.41) is 32.8. The Hall–Kier alpha value is -2.70. The molecule has 0 aliphatic carbocycles. The molecule has 0 unspecified atom stereocenters. The van der Waals surface area contributed by atoms with Crippen LogP contribution in [0.3, 0.4) is 0 Å². The minimum Gasteiger partial charge on any atom is -0.394 e. The molecule has 0 radical (unpaired) electrons. The molecule has 2 aromatic heterocycles. The van der Waals surface area contributed by atoms with Crippen molar-refractivity contribution >= 4 is 17.1 Å². The maximum absolute atomic E-state index is 11.8. The van der Waals surface area contributed by atoms with Crippen molar-refractivity contribution in [2.45, 2.75) is 24.2 Å². The number of imidazole rings is 1. The fourth-order valence-corrected chi connectivity index (χ4v) is 2.49. The van der Waals surface area contributed by atoms with Gasteiger partial charge in [0, 0.05) is 4.91 Å². The number of aromatic amines is 1. The number of hydrogen-bond acceptors (Lipinski definition) is 9. The Bertz CT molecular complexity index is 857. The molecule has 13 heteroatoms. The Morgan fingerprint density at radius 2 is 2.35 bits per heavy atom. The molecular formula is C10H12N8O5. The van der Waals surface area contributed by atoms with Crippen LogP contribution in [-0.2, 0) is 10.6 Å². The van der Waals surface area contributed by atoms with E-state index in [1.54, 1.807) is 0 Å². The van der Waals surface area contributed by atoms with Crippen LogP contribution in [-0.4, -0.2) is 59.8 Å². The normalized spacial score (nSPS) is 30.5. The summed E-state index contributed by atoms with van der Waals surface area (Å²) in [4.78, 5) is 24.4. The van der Waals surface area contributed by atoms with E-state index in [-0.39, 0.29) is 17.1 Å². The number of H-pyrrole nitrogens is 1. The average molecular weight is 324 g/mol. The van der Waals surface area contributed by atoms with E-state index in [9.17, 15) is 20.1 Å². The molecule has 1 fully saturated rings. The molecule has 1 aliphatic rings. The molecule has 13 nitrogen and oxygen atoms in total. The van der Waals surface area contributed by atoms with Gasteiger partial charge in [0.05, 0.1) is 12.9 Å². The summed E-state index contributed by atoms with van der Waals surface area (Å²) in [6, 6.07) is 0. The fraction of sp³-hybridized carbons (Fsp3) is 0.500. The van der Waals surface area contributed by atoms with Gasteiger partial charge >= 0.3 is 0 Å². The van der Waals surface area contributed by atoms with E-state index in [2.05, 4.69) is 25.0 Å². The Morgan fingerprint density at radius 1 is 1.61 bits per heavy atom. The predicted octanol–water partition coefficient (Wildman–Crippen LogP) is -2.26. The summed E-state index contributed by atoms with van der Waals surface area (Å²) >= 11 is 0. The van der Waals surface area contributed by atoms with Gasteiger partial charge in [-0.15, -0.1) is 0 Å². The van der Waals surface area contributed by atoms with Gasteiger partial charge in [-0.25, -0.2) is 4.98 Å². The lowest BCUT2D eigenvalue weighted by Crippen LogP contribution is -2.43. The number of nitrogens with two attached hydrogens (primary N) is 1. The molecule has 0 saturated carbocycles. The van der Waals surface area contributed by atoms with E-state index in [0.29, 0.717) is 0 Å². The highest BCUT2D eigenvalue weighted by molar-refractivity contribution is 5.70. The molecule has 3 rings (SSSR count). The van der Waals surface area contributed by atoms with Gasteiger partial charge in [-0.3, -0.25) is 14.3 Å². The maximum Gasteiger partial charge on any atom is 0.280 e. The molecule has 2 aromatic rings. The summed E-state index contributed by atoms with van der Waals surface area (Å²) in [6.45, 7) is -0.635. The number of aromatic nitrogens is 4. The quantitative estimate of drug-likeness (QED) is 0.235. The zero-order chi connectivity index (χ0) is 16.8. The molecule has 0 amide bonds. The summed E-state index contributed by atoms with van der Waals surface area (Å²) in [6.07, 6.45) is -3.44. The highest BCUT2D eigenvalue weighted by atomic mass is 16.6. The standard InChI is InChI=1S/C10H12N8O5/c11-9-14-7-4(8(22)15-9)13-2-18(7)10(16-17-12)6(21)5(20)3(1-19)23-10/h2-3,5-6,19-21H,1H2,(H3,11,14,15,22)/t3-,5-,6-,10+/m1/s1. The Balaban J connectivity index is 2.29. The number of nitrogens with one attached hydrogen (secondary N) is 1. The van der Waals surface area contributed by atoms with Gasteiger partial charge in [0.1, 0.15) is 18.3 Å². The first-order chi connectivity index (χ1) is 10.9. The number of nitrogen functional groups attached to an aromatic ring is 1. The molecule has 6 N–H and O–H groups in total. The lowest BCUT2D eigenvalue weighted by Gasteiger charge is -2.28. The van der Waals surface area contributed by atoms with Crippen LogP contribution in [0.1, 0.15) is 0 Å². The van der Waals surface area contributed by atoms with Crippen molar-refractivity contribution in [1.29, 1.82) is 0 Å². The number of rotatable bonds is 3. The van der Waals surface area contributed by atoms with Gasteiger partial charge in [0.15, 0.2) is 11.2 Å². The fourth-order valence-electron chi connectivity index (χ4n) is 2.49. The summed E-state index contributed by atoms with van der Waals surface area (Å²) in [7, 11) is 0. The molecule has 1 saturated heterocycles. The Labute approximate surface area is 126 Å². The number of nitrogens with zero attached hydrogens (tertiary/aromatic N) is 6. The first-order valence-corrected chi connectivity index (χ1v) is 6.39. The zero-order valence-corrected chi connectivity index (χ0v) is 11.4. The van der Waals surface area contributed by atoms with Crippen LogP contribution in [0.4, 0.5) is 5.95 Å². The lowest BCUT2D eigenvalue weighted by atomic mass is 10.1. The number of aliphatic hydroxyl groups excluding tert-OH is 3. The smallest absolute Gasteiger partial charge is 0.280 e. The topological polar surface area (TPSA) is 208 Å². The van der Waals surface area contributed by atoms with Crippen LogP contribution in [0.2, 0.25) is 0 Å². The molecular weight excluding hydrogens is 312 g/mol. The second kappa shape index (κ2) is 5.19. The largest absolute Gasteiger partial charge is 0.394 e. The second-order valence-electron chi connectivity index (χ2n) is 4.86. The Morgan fingerprint density at radius 3 is 2.96 bits per heavy atom. The van der Waals surface area contributed by atoms with E-state index in [0.717, 1.165) is 10.9 Å². The molecule has 3 heterocycles. The van der Waals surface area contributed by atoms with Crippen molar-refractivity contribution in [2.24, 2.45) is 5.11 Å². The number of azide groups is 1. The predicted molar refractivity (Wildman–Crippen MR) is 73.7 cm³/mol. The highest BCUT2D eigenvalue weighted by Gasteiger charge is 2.56. The van der Waals surface area contributed by atoms with Gasteiger partial charge in [0.25, 0.3) is 11.4 Å². The number of ether oxygens (including phenoxy) is 1. The minimum atomic E-state index is -2.18. The lowest BCUT2D eigenvalue weighted by molar-refractivity contribution is -0.140. The molecule has 0 spiro atoms. The van der Waals surface area contributed by atoms with E-state index in [1.165, 1.54) is 0 Å². The number of hydrogen-bond donors (Lipinski definition) is 5. The van der Waals surface area contributed by atoms with E-state index in [4.69, 9.17) is 16.0 Å². The van der Waals surface area contributed by atoms with Crippen LogP contribution >= 0.6 is 0 Å². The monoisotopic (exact) mass is 324 g/mol. The summed E-state index contributed by atoms with van der Waals surface area (Å²) < 4.78 is 6.34. The van der Waals surface area contributed by atoms with Crippen LogP contribution in [0.15, 0.2) is 16.2 Å². The third kappa shape index (κ3) is 2.03. The number of aliphatic hydroxyl groups is 3. The van der Waals surface area contributed by atoms with E-state index in [1.807, 2.05) is 0 Å². The number of anilines is 1. The van der Waals surface area contributed by atoms with Crippen molar-refractivity contribution < 1.29 is 20.1 Å². The zero-order valence-electron chi connectivity index (χ0n) is 11.4. The van der Waals surface area contributed by atoms with Gasteiger partial charge in [0.2, 0.25) is 5.95 Å². The van der Waals surface area contributed by atoms with Crippen LogP contribution in [0.5, 0.6) is 0 Å². The van der Waals surface area contributed by atoms with Crippen LogP contribution in [0.25, 0.3) is 21.6 Å². The SMILES string of the molecule is [N-]=[N+]=N[C@@]1(n2cnc3c(=O)[nH]c(N)nc32)O[C@H](CO)[C@@H](O)[C@H]1O. The Kier molecular flexibility index (Phi) is 3.43. The van der Waals surface area contributed by atoms with Crippen LogP contribution in [0, 0.1) is 0 Å². The molecule has 0 bridgehead atoms. The average Bonchev–Trinajstić information content (AvgIpc) is 3.03. The minimum absolute atomic E-state index is 0.122. The van der Waals surface area contributed by atoms with Crippen molar-refractivity contribution in [3.63, 3.8) is 0 Å².